The lowest BCUT2D eigenvalue weighted by Gasteiger charge is -2.23. The number of carbonyl (C=O) groups is 2. The van der Waals surface area contributed by atoms with Crippen molar-refractivity contribution in [2.45, 2.75) is 19.5 Å². The number of fused-ring (bicyclic) bond motifs is 3. The van der Waals surface area contributed by atoms with Crippen molar-refractivity contribution in [2.75, 3.05) is 11.9 Å². The Morgan fingerprint density at radius 3 is 2.90 bits per heavy atom. The van der Waals surface area contributed by atoms with Gasteiger partial charge in [0, 0.05) is 25.0 Å². The molecule has 1 unspecified atom stereocenters. The van der Waals surface area contributed by atoms with Gasteiger partial charge in [-0.3, -0.25) is 19.3 Å². The zero-order chi connectivity index (χ0) is 20.7. The molecule has 0 saturated heterocycles. The summed E-state index contributed by atoms with van der Waals surface area (Å²) in [5.74, 6) is -0.393. The van der Waals surface area contributed by atoms with Crippen molar-refractivity contribution >= 4 is 28.5 Å². The molecule has 150 valence electrons. The third-order valence-electron chi connectivity index (χ3n) is 5.26. The molecule has 30 heavy (non-hydrogen) atoms. The van der Waals surface area contributed by atoms with Crippen LogP contribution in [0, 0.1) is 0 Å². The molecule has 8 nitrogen and oxygen atoms in total. The van der Waals surface area contributed by atoms with Crippen molar-refractivity contribution in [3.63, 3.8) is 0 Å². The standard InChI is InChI=1S/C22H20N6O2/c1-14-9-24-22(30)20-8-18-19(28(14)20)7-16(10-23-18)21(29)26-17-11-25-27(13-17)12-15-5-3-2-4-6-15/h2-8,10-11,13-14H,9,12H2,1H3,(H,24,30)(H,26,29). The van der Waals surface area contributed by atoms with Gasteiger partial charge in [0.05, 0.1) is 35.0 Å². The molecule has 1 aliphatic heterocycles. The predicted octanol–water partition coefficient (Wildman–Crippen LogP) is 2.84. The highest BCUT2D eigenvalue weighted by molar-refractivity contribution is 6.06. The fraction of sp³-hybridized carbons (Fsp3) is 0.182. The Hall–Kier alpha value is -3.94. The molecule has 0 fully saturated rings. The predicted molar refractivity (Wildman–Crippen MR) is 113 cm³/mol. The monoisotopic (exact) mass is 400 g/mol. The highest BCUT2D eigenvalue weighted by Crippen LogP contribution is 2.26. The number of pyridine rings is 1. The van der Waals surface area contributed by atoms with Crippen LogP contribution in [0.1, 0.15) is 39.4 Å². The van der Waals surface area contributed by atoms with E-state index in [1.165, 1.54) is 6.20 Å². The van der Waals surface area contributed by atoms with Gasteiger partial charge < -0.3 is 15.2 Å². The summed E-state index contributed by atoms with van der Waals surface area (Å²) in [5, 5.41) is 10.0. The van der Waals surface area contributed by atoms with E-state index in [-0.39, 0.29) is 17.9 Å². The summed E-state index contributed by atoms with van der Waals surface area (Å²) >= 11 is 0. The highest BCUT2D eigenvalue weighted by atomic mass is 16.2. The second-order valence-electron chi connectivity index (χ2n) is 7.45. The molecular weight excluding hydrogens is 380 g/mol. The summed E-state index contributed by atoms with van der Waals surface area (Å²) in [6.07, 6.45) is 4.95. The molecule has 1 aliphatic rings. The Bertz CT molecular complexity index is 1260. The lowest BCUT2D eigenvalue weighted by molar-refractivity contribution is 0.0919. The molecule has 5 rings (SSSR count). The van der Waals surface area contributed by atoms with Crippen LogP contribution in [0.15, 0.2) is 61.1 Å². The number of nitrogens with zero attached hydrogens (tertiary/aromatic N) is 4. The number of carbonyl (C=O) groups excluding carboxylic acids is 2. The maximum absolute atomic E-state index is 12.8. The summed E-state index contributed by atoms with van der Waals surface area (Å²) in [6.45, 7) is 3.20. The van der Waals surface area contributed by atoms with Crippen LogP contribution in [-0.2, 0) is 6.54 Å². The largest absolute Gasteiger partial charge is 0.349 e. The van der Waals surface area contributed by atoms with Crippen molar-refractivity contribution in [2.24, 2.45) is 0 Å². The summed E-state index contributed by atoms with van der Waals surface area (Å²) in [7, 11) is 0. The maximum atomic E-state index is 12.8. The third kappa shape index (κ3) is 3.22. The highest BCUT2D eigenvalue weighted by Gasteiger charge is 2.25. The van der Waals surface area contributed by atoms with Gasteiger partial charge in [0.15, 0.2) is 0 Å². The Balaban J connectivity index is 1.38. The van der Waals surface area contributed by atoms with Crippen LogP contribution in [0.2, 0.25) is 0 Å². The Morgan fingerprint density at radius 1 is 1.23 bits per heavy atom. The summed E-state index contributed by atoms with van der Waals surface area (Å²) in [6, 6.07) is 13.6. The minimum atomic E-state index is -0.271. The number of amides is 2. The summed E-state index contributed by atoms with van der Waals surface area (Å²) in [4.78, 5) is 29.3. The number of nitrogens with one attached hydrogen (secondary N) is 2. The van der Waals surface area contributed by atoms with Gasteiger partial charge in [-0.2, -0.15) is 5.10 Å². The van der Waals surface area contributed by atoms with E-state index in [1.54, 1.807) is 29.2 Å². The van der Waals surface area contributed by atoms with Crippen molar-refractivity contribution < 1.29 is 9.59 Å². The van der Waals surface area contributed by atoms with Crippen LogP contribution in [0.3, 0.4) is 0 Å². The topological polar surface area (TPSA) is 93.8 Å². The minimum Gasteiger partial charge on any atom is -0.349 e. The lowest BCUT2D eigenvalue weighted by Crippen LogP contribution is -2.37. The van der Waals surface area contributed by atoms with E-state index in [0.717, 1.165) is 11.1 Å². The first-order valence-electron chi connectivity index (χ1n) is 9.75. The molecular formula is C22H20N6O2. The van der Waals surface area contributed by atoms with E-state index < -0.39 is 0 Å². The summed E-state index contributed by atoms with van der Waals surface area (Å²) < 4.78 is 3.71. The zero-order valence-electron chi connectivity index (χ0n) is 16.4. The lowest BCUT2D eigenvalue weighted by atomic mass is 10.2. The Kier molecular flexibility index (Phi) is 4.31. The van der Waals surface area contributed by atoms with Crippen LogP contribution in [0.4, 0.5) is 5.69 Å². The van der Waals surface area contributed by atoms with Gasteiger partial charge in [0.2, 0.25) is 0 Å². The quantitative estimate of drug-likeness (QED) is 0.551. The van der Waals surface area contributed by atoms with Gasteiger partial charge in [-0.25, -0.2) is 0 Å². The number of anilines is 1. The zero-order valence-corrected chi connectivity index (χ0v) is 16.4. The van der Waals surface area contributed by atoms with Gasteiger partial charge in [-0.15, -0.1) is 0 Å². The minimum absolute atomic E-state index is 0.0894. The van der Waals surface area contributed by atoms with E-state index in [2.05, 4.69) is 20.7 Å². The van der Waals surface area contributed by atoms with E-state index in [9.17, 15) is 9.59 Å². The molecule has 4 aromatic rings. The first-order chi connectivity index (χ1) is 14.6. The number of benzene rings is 1. The van der Waals surface area contributed by atoms with E-state index in [4.69, 9.17) is 0 Å². The first-order valence-corrected chi connectivity index (χ1v) is 9.75. The fourth-order valence-corrected chi connectivity index (χ4v) is 3.78. The van der Waals surface area contributed by atoms with Crippen LogP contribution in [0.25, 0.3) is 11.0 Å². The van der Waals surface area contributed by atoms with Crippen molar-refractivity contribution in [1.82, 2.24) is 24.6 Å². The second kappa shape index (κ2) is 7.14. The van der Waals surface area contributed by atoms with E-state index in [0.29, 0.717) is 35.6 Å². The molecule has 1 aromatic carbocycles. The summed E-state index contributed by atoms with van der Waals surface area (Å²) in [5.41, 5.74) is 4.21. The SMILES string of the molecule is CC1CNC(=O)c2cc3ncc(C(=O)Nc4cnn(Cc5ccccc5)c4)cc3n21. The van der Waals surface area contributed by atoms with Gasteiger partial charge >= 0.3 is 0 Å². The number of hydrogen-bond acceptors (Lipinski definition) is 4. The molecule has 2 N–H and O–H groups in total. The second-order valence-corrected chi connectivity index (χ2v) is 7.45. The number of aromatic nitrogens is 4. The van der Waals surface area contributed by atoms with Crippen LogP contribution in [0.5, 0.6) is 0 Å². The molecule has 0 saturated carbocycles. The molecule has 1 atom stereocenters. The average Bonchev–Trinajstić information content (AvgIpc) is 3.36. The average molecular weight is 400 g/mol. The van der Waals surface area contributed by atoms with E-state index >= 15 is 0 Å². The molecule has 0 spiro atoms. The van der Waals surface area contributed by atoms with Gasteiger partial charge in [-0.05, 0) is 24.6 Å². The maximum Gasteiger partial charge on any atom is 0.268 e. The normalized spacial score (nSPS) is 15.6. The van der Waals surface area contributed by atoms with Gasteiger partial charge in [-0.1, -0.05) is 30.3 Å². The van der Waals surface area contributed by atoms with Crippen LogP contribution in [-0.4, -0.2) is 37.7 Å². The molecule has 2 amide bonds. The molecule has 0 bridgehead atoms. The molecule has 3 aromatic heterocycles. The third-order valence-corrected chi connectivity index (χ3v) is 5.26. The van der Waals surface area contributed by atoms with Crippen LogP contribution < -0.4 is 10.6 Å². The Labute approximate surface area is 172 Å². The van der Waals surface area contributed by atoms with Gasteiger partial charge in [0.25, 0.3) is 11.8 Å². The molecule has 0 aliphatic carbocycles. The van der Waals surface area contributed by atoms with E-state index in [1.807, 2.05) is 41.8 Å². The van der Waals surface area contributed by atoms with Crippen LogP contribution >= 0.6 is 0 Å². The van der Waals surface area contributed by atoms with Crippen molar-refractivity contribution in [3.8, 4) is 0 Å². The molecule has 4 heterocycles. The number of hydrogen-bond donors (Lipinski definition) is 2. The Morgan fingerprint density at radius 2 is 2.07 bits per heavy atom. The molecule has 8 heteroatoms. The smallest absolute Gasteiger partial charge is 0.268 e. The van der Waals surface area contributed by atoms with Gasteiger partial charge in [0.1, 0.15) is 5.69 Å². The van der Waals surface area contributed by atoms with Crippen molar-refractivity contribution in [3.05, 3.63) is 77.9 Å². The molecule has 0 radical (unpaired) electrons. The number of rotatable bonds is 4. The fourth-order valence-electron chi connectivity index (χ4n) is 3.78. The van der Waals surface area contributed by atoms with Crippen molar-refractivity contribution in [1.29, 1.82) is 0 Å². The first kappa shape index (κ1) is 18.1.